The molecule has 0 aromatic carbocycles. The fraction of sp³-hybridized carbons (Fsp3) is 0.867. The van der Waals surface area contributed by atoms with Crippen LogP contribution in [-0.2, 0) is 9.53 Å². The molecule has 1 atom stereocenters. The van der Waals surface area contributed by atoms with E-state index in [-0.39, 0.29) is 23.8 Å². The van der Waals surface area contributed by atoms with E-state index in [1.54, 1.807) is 4.90 Å². The van der Waals surface area contributed by atoms with Crippen molar-refractivity contribution >= 4 is 12.1 Å². The molecule has 1 rings (SSSR count). The molecule has 0 aromatic rings. The number of carboxylic acid groups (broad SMARTS) is 1. The van der Waals surface area contributed by atoms with Crippen LogP contribution in [0.2, 0.25) is 0 Å². The van der Waals surface area contributed by atoms with E-state index in [1.165, 1.54) is 0 Å². The Morgan fingerprint density at radius 2 is 1.70 bits per heavy atom. The van der Waals surface area contributed by atoms with Gasteiger partial charge in [0.25, 0.3) is 0 Å². The van der Waals surface area contributed by atoms with Gasteiger partial charge in [0.1, 0.15) is 5.60 Å². The highest BCUT2D eigenvalue weighted by Gasteiger charge is 2.35. The molecule has 0 aromatic heterocycles. The second-order valence-electron chi connectivity index (χ2n) is 6.91. The molecule has 1 fully saturated rings. The zero-order valence-corrected chi connectivity index (χ0v) is 13.2. The number of carbonyl (C=O) groups is 2. The topological polar surface area (TPSA) is 66.8 Å². The molecule has 20 heavy (non-hydrogen) atoms. The van der Waals surface area contributed by atoms with Crippen LogP contribution in [0.4, 0.5) is 4.79 Å². The fourth-order valence-electron chi connectivity index (χ4n) is 2.80. The highest BCUT2D eigenvalue weighted by atomic mass is 16.6. The zero-order valence-electron chi connectivity index (χ0n) is 13.2. The lowest BCUT2D eigenvalue weighted by Crippen LogP contribution is -2.44. The van der Waals surface area contributed by atoms with Gasteiger partial charge >= 0.3 is 12.1 Å². The lowest BCUT2D eigenvalue weighted by atomic mass is 9.78. The van der Waals surface area contributed by atoms with Gasteiger partial charge in [0, 0.05) is 13.1 Å². The van der Waals surface area contributed by atoms with Crippen LogP contribution >= 0.6 is 0 Å². The maximum Gasteiger partial charge on any atom is 0.410 e. The SMILES string of the molecule is CC(C)C(C(=O)O)C1CCN(C(=O)OC(C)(C)C)CC1. The summed E-state index contributed by atoms with van der Waals surface area (Å²) in [5.74, 6) is -0.789. The number of rotatable bonds is 3. The average molecular weight is 285 g/mol. The Hall–Kier alpha value is -1.26. The van der Waals surface area contributed by atoms with E-state index in [4.69, 9.17) is 4.74 Å². The number of carbonyl (C=O) groups excluding carboxylic acids is 1. The quantitative estimate of drug-likeness (QED) is 0.865. The van der Waals surface area contributed by atoms with Crippen molar-refractivity contribution in [3.05, 3.63) is 0 Å². The molecule has 0 spiro atoms. The molecular weight excluding hydrogens is 258 g/mol. The van der Waals surface area contributed by atoms with Gasteiger partial charge in [0.05, 0.1) is 5.92 Å². The first-order valence-corrected chi connectivity index (χ1v) is 7.32. The van der Waals surface area contributed by atoms with Crippen LogP contribution < -0.4 is 0 Å². The van der Waals surface area contributed by atoms with Crippen molar-refractivity contribution < 1.29 is 19.4 Å². The molecule has 5 nitrogen and oxygen atoms in total. The minimum absolute atomic E-state index is 0.116. The van der Waals surface area contributed by atoms with Gasteiger partial charge in [0.15, 0.2) is 0 Å². The van der Waals surface area contributed by atoms with Crippen LogP contribution in [0.5, 0.6) is 0 Å². The number of carboxylic acids is 1. The van der Waals surface area contributed by atoms with Gasteiger partial charge < -0.3 is 14.7 Å². The fourth-order valence-corrected chi connectivity index (χ4v) is 2.80. The van der Waals surface area contributed by atoms with E-state index in [2.05, 4.69) is 0 Å². The largest absolute Gasteiger partial charge is 0.481 e. The number of nitrogens with zero attached hydrogens (tertiary/aromatic N) is 1. The van der Waals surface area contributed by atoms with E-state index in [0.29, 0.717) is 13.1 Å². The molecule has 0 radical (unpaired) electrons. The van der Waals surface area contributed by atoms with Crippen molar-refractivity contribution in [2.75, 3.05) is 13.1 Å². The van der Waals surface area contributed by atoms with Crippen LogP contribution in [0, 0.1) is 17.8 Å². The molecule has 1 aliphatic heterocycles. The van der Waals surface area contributed by atoms with Crippen molar-refractivity contribution in [2.24, 2.45) is 17.8 Å². The minimum Gasteiger partial charge on any atom is -0.481 e. The monoisotopic (exact) mass is 285 g/mol. The smallest absolute Gasteiger partial charge is 0.410 e. The van der Waals surface area contributed by atoms with Crippen LogP contribution in [-0.4, -0.2) is 40.8 Å². The number of piperidine rings is 1. The van der Waals surface area contributed by atoms with Gasteiger partial charge in [-0.3, -0.25) is 4.79 Å². The molecule has 1 heterocycles. The maximum absolute atomic E-state index is 11.9. The Bertz CT molecular complexity index is 351. The average Bonchev–Trinajstić information content (AvgIpc) is 2.26. The summed E-state index contributed by atoms with van der Waals surface area (Å²) in [5.41, 5.74) is -0.491. The summed E-state index contributed by atoms with van der Waals surface area (Å²) in [7, 11) is 0. The number of ether oxygens (including phenoxy) is 1. The third-order valence-corrected chi connectivity index (χ3v) is 3.70. The number of amides is 1. The summed E-state index contributed by atoms with van der Waals surface area (Å²) < 4.78 is 5.34. The second-order valence-corrected chi connectivity index (χ2v) is 6.91. The van der Waals surface area contributed by atoms with Crippen molar-refractivity contribution in [3.63, 3.8) is 0 Å². The van der Waals surface area contributed by atoms with Gasteiger partial charge in [-0.1, -0.05) is 13.8 Å². The van der Waals surface area contributed by atoms with Gasteiger partial charge in [-0.05, 0) is 45.4 Å². The van der Waals surface area contributed by atoms with Gasteiger partial charge in [-0.25, -0.2) is 4.79 Å². The molecule has 0 saturated carbocycles. The zero-order chi connectivity index (χ0) is 15.5. The summed E-state index contributed by atoms with van der Waals surface area (Å²) in [6.45, 7) is 10.6. The van der Waals surface area contributed by atoms with Crippen molar-refractivity contribution in [3.8, 4) is 0 Å². The Labute approximate surface area is 121 Å². The van der Waals surface area contributed by atoms with Crippen molar-refractivity contribution in [2.45, 2.75) is 53.1 Å². The maximum atomic E-state index is 11.9. The van der Waals surface area contributed by atoms with Crippen molar-refractivity contribution in [1.82, 2.24) is 4.90 Å². The predicted molar refractivity (Wildman–Crippen MR) is 76.5 cm³/mol. The van der Waals surface area contributed by atoms with Crippen LogP contribution in [0.3, 0.4) is 0 Å². The van der Waals surface area contributed by atoms with Crippen LogP contribution in [0.15, 0.2) is 0 Å². The predicted octanol–water partition coefficient (Wildman–Crippen LogP) is 2.99. The number of hydrogen-bond acceptors (Lipinski definition) is 3. The highest BCUT2D eigenvalue weighted by molar-refractivity contribution is 5.71. The van der Waals surface area contributed by atoms with E-state index >= 15 is 0 Å². The molecule has 5 heteroatoms. The third-order valence-electron chi connectivity index (χ3n) is 3.70. The number of hydrogen-bond donors (Lipinski definition) is 1. The van der Waals surface area contributed by atoms with E-state index in [9.17, 15) is 14.7 Å². The molecule has 1 saturated heterocycles. The molecule has 0 aliphatic carbocycles. The molecule has 1 amide bonds. The first kappa shape index (κ1) is 16.8. The Morgan fingerprint density at radius 3 is 2.05 bits per heavy atom. The Morgan fingerprint density at radius 1 is 1.20 bits per heavy atom. The number of aliphatic carboxylic acids is 1. The molecule has 116 valence electrons. The lowest BCUT2D eigenvalue weighted by molar-refractivity contribution is -0.146. The molecular formula is C15H27NO4. The highest BCUT2D eigenvalue weighted by Crippen LogP contribution is 2.31. The van der Waals surface area contributed by atoms with E-state index in [1.807, 2.05) is 34.6 Å². The summed E-state index contributed by atoms with van der Waals surface area (Å²) in [4.78, 5) is 25.0. The Balaban J connectivity index is 2.55. The standard InChI is InChI=1S/C15H27NO4/c1-10(2)12(13(17)18)11-6-8-16(9-7-11)14(19)20-15(3,4)5/h10-12H,6-9H2,1-5H3,(H,17,18). The first-order valence-electron chi connectivity index (χ1n) is 7.32. The van der Waals surface area contributed by atoms with Crippen LogP contribution in [0.25, 0.3) is 0 Å². The van der Waals surface area contributed by atoms with Crippen LogP contribution in [0.1, 0.15) is 47.5 Å². The molecule has 0 bridgehead atoms. The molecule has 1 N–H and O–H groups in total. The minimum atomic E-state index is -0.726. The normalized spacial score (nSPS) is 19.0. The second kappa shape index (κ2) is 6.46. The van der Waals surface area contributed by atoms with Gasteiger partial charge in [0.2, 0.25) is 0 Å². The Kier molecular flexibility index (Phi) is 5.42. The van der Waals surface area contributed by atoms with E-state index < -0.39 is 11.6 Å². The molecule has 1 aliphatic rings. The first-order chi connectivity index (χ1) is 9.11. The van der Waals surface area contributed by atoms with Gasteiger partial charge in [-0.15, -0.1) is 0 Å². The van der Waals surface area contributed by atoms with E-state index in [0.717, 1.165) is 12.8 Å². The van der Waals surface area contributed by atoms with Gasteiger partial charge in [-0.2, -0.15) is 0 Å². The number of likely N-dealkylation sites (tertiary alicyclic amines) is 1. The third kappa shape index (κ3) is 4.69. The molecule has 1 unspecified atom stereocenters. The summed E-state index contributed by atoms with van der Waals surface area (Å²) in [5, 5.41) is 9.32. The lowest BCUT2D eigenvalue weighted by Gasteiger charge is -2.36. The summed E-state index contributed by atoms with van der Waals surface area (Å²) in [6, 6.07) is 0. The van der Waals surface area contributed by atoms with Crippen molar-refractivity contribution in [1.29, 1.82) is 0 Å². The summed E-state index contributed by atoms with van der Waals surface area (Å²) >= 11 is 0. The summed E-state index contributed by atoms with van der Waals surface area (Å²) in [6.07, 6.45) is 1.16.